The molecule has 1 aromatic carbocycles. The van der Waals surface area contributed by atoms with Gasteiger partial charge in [-0.05, 0) is 17.7 Å². The summed E-state index contributed by atoms with van der Waals surface area (Å²) in [5.41, 5.74) is 1.43. The molecule has 1 N–H and O–H groups in total. The summed E-state index contributed by atoms with van der Waals surface area (Å²) in [6.07, 6.45) is 0. The van der Waals surface area contributed by atoms with Crippen LogP contribution in [-0.4, -0.2) is 53.3 Å². The lowest BCUT2D eigenvalue weighted by molar-refractivity contribution is -0.141. The molecular weight excluding hydrogens is 308 g/mol. The van der Waals surface area contributed by atoms with Crippen LogP contribution >= 0.6 is 0 Å². The van der Waals surface area contributed by atoms with E-state index in [-0.39, 0.29) is 24.3 Å². The van der Waals surface area contributed by atoms with Crippen LogP contribution in [0.3, 0.4) is 0 Å². The van der Waals surface area contributed by atoms with Crippen molar-refractivity contribution in [3.05, 3.63) is 35.4 Å². The van der Waals surface area contributed by atoms with Gasteiger partial charge in [0.1, 0.15) is 0 Å². The van der Waals surface area contributed by atoms with E-state index < -0.39 is 11.9 Å². The highest BCUT2D eigenvalue weighted by atomic mass is 16.4. The van der Waals surface area contributed by atoms with E-state index in [9.17, 15) is 14.4 Å². The number of nitrogens with zero attached hydrogens (tertiary/aromatic N) is 2. The number of aliphatic carboxylic acids is 1. The SMILES string of the molecule is CC(C)C(=O)N(C)Cc1ccc(C(=O)N(C)CC(C)C(=O)O)cc1. The molecule has 0 aromatic heterocycles. The number of hydrogen-bond donors (Lipinski definition) is 1. The van der Waals surface area contributed by atoms with Gasteiger partial charge >= 0.3 is 5.97 Å². The van der Waals surface area contributed by atoms with E-state index >= 15 is 0 Å². The first-order valence-electron chi connectivity index (χ1n) is 7.95. The summed E-state index contributed by atoms with van der Waals surface area (Å²) in [6.45, 7) is 5.92. The number of carbonyl (C=O) groups is 3. The van der Waals surface area contributed by atoms with Crippen molar-refractivity contribution in [1.29, 1.82) is 0 Å². The van der Waals surface area contributed by atoms with Crippen molar-refractivity contribution >= 4 is 17.8 Å². The highest BCUT2D eigenvalue weighted by Crippen LogP contribution is 2.11. The van der Waals surface area contributed by atoms with Crippen LogP contribution in [0.2, 0.25) is 0 Å². The van der Waals surface area contributed by atoms with E-state index in [1.807, 2.05) is 26.0 Å². The van der Waals surface area contributed by atoms with Crippen LogP contribution in [0.15, 0.2) is 24.3 Å². The summed E-state index contributed by atoms with van der Waals surface area (Å²) in [5, 5.41) is 8.92. The summed E-state index contributed by atoms with van der Waals surface area (Å²) in [4.78, 5) is 38.1. The molecule has 132 valence electrons. The Balaban J connectivity index is 2.71. The first-order valence-corrected chi connectivity index (χ1v) is 7.95. The van der Waals surface area contributed by atoms with Crippen LogP contribution in [0.25, 0.3) is 0 Å². The lowest BCUT2D eigenvalue weighted by Crippen LogP contribution is -2.33. The summed E-state index contributed by atoms with van der Waals surface area (Å²) in [6, 6.07) is 7.03. The second-order valence-electron chi connectivity index (χ2n) is 6.47. The lowest BCUT2D eigenvalue weighted by atomic mass is 10.1. The van der Waals surface area contributed by atoms with Gasteiger partial charge in [0.15, 0.2) is 0 Å². The molecule has 0 heterocycles. The number of amides is 2. The van der Waals surface area contributed by atoms with Gasteiger partial charge in [-0.3, -0.25) is 14.4 Å². The van der Waals surface area contributed by atoms with Crippen LogP contribution in [0.1, 0.15) is 36.7 Å². The molecule has 0 aliphatic carbocycles. The fourth-order valence-electron chi connectivity index (χ4n) is 2.34. The number of rotatable bonds is 7. The van der Waals surface area contributed by atoms with Gasteiger partial charge in [0.05, 0.1) is 5.92 Å². The van der Waals surface area contributed by atoms with E-state index in [0.717, 1.165) is 5.56 Å². The molecule has 0 fully saturated rings. The van der Waals surface area contributed by atoms with Gasteiger partial charge in [-0.1, -0.05) is 32.9 Å². The molecule has 24 heavy (non-hydrogen) atoms. The topological polar surface area (TPSA) is 77.9 Å². The van der Waals surface area contributed by atoms with E-state index in [1.54, 1.807) is 38.1 Å². The van der Waals surface area contributed by atoms with Gasteiger partial charge in [-0.15, -0.1) is 0 Å². The third kappa shape index (κ3) is 5.37. The largest absolute Gasteiger partial charge is 0.481 e. The third-order valence-corrected chi connectivity index (χ3v) is 3.81. The summed E-state index contributed by atoms with van der Waals surface area (Å²) in [7, 11) is 3.34. The van der Waals surface area contributed by atoms with Crippen LogP contribution < -0.4 is 0 Å². The highest BCUT2D eigenvalue weighted by molar-refractivity contribution is 5.94. The molecule has 0 radical (unpaired) electrons. The highest BCUT2D eigenvalue weighted by Gasteiger charge is 2.19. The van der Waals surface area contributed by atoms with Crippen molar-refractivity contribution < 1.29 is 19.5 Å². The minimum Gasteiger partial charge on any atom is -0.481 e. The monoisotopic (exact) mass is 334 g/mol. The normalized spacial score (nSPS) is 11.9. The van der Waals surface area contributed by atoms with E-state index in [4.69, 9.17) is 5.11 Å². The molecule has 0 bridgehead atoms. The maximum absolute atomic E-state index is 12.3. The van der Waals surface area contributed by atoms with Crippen LogP contribution in [0.5, 0.6) is 0 Å². The Labute approximate surface area is 143 Å². The Morgan fingerprint density at radius 2 is 1.54 bits per heavy atom. The zero-order valence-corrected chi connectivity index (χ0v) is 14.9. The maximum atomic E-state index is 12.3. The Morgan fingerprint density at radius 3 is 2.00 bits per heavy atom. The van der Waals surface area contributed by atoms with Gasteiger partial charge in [0.25, 0.3) is 5.91 Å². The van der Waals surface area contributed by atoms with E-state index in [2.05, 4.69) is 0 Å². The van der Waals surface area contributed by atoms with Crippen molar-refractivity contribution in [2.75, 3.05) is 20.6 Å². The number of hydrogen-bond acceptors (Lipinski definition) is 3. The van der Waals surface area contributed by atoms with E-state index in [1.165, 1.54) is 4.90 Å². The summed E-state index contributed by atoms with van der Waals surface area (Å²) in [5.74, 6) is -1.75. The zero-order valence-electron chi connectivity index (χ0n) is 14.9. The minimum atomic E-state index is -0.928. The molecular formula is C18H26N2O4. The zero-order chi connectivity index (χ0) is 18.4. The van der Waals surface area contributed by atoms with Crippen molar-refractivity contribution in [2.45, 2.75) is 27.3 Å². The smallest absolute Gasteiger partial charge is 0.308 e. The number of carboxylic acid groups (broad SMARTS) is 1. The number of benzene rings is 1. The average molecular weight is 334 g/mol. The Bertz CT molecular complexity index is 596. The molecule has 1 aromatic rings. The molecule has 1 unspecified atom stereocenters. The predicted octanol–water partition coefficient (Wildman–Crippen LogP) is 2.09. The molecule has 0 aliphatic heterocycles. The van der Waals surface area contributed by atoms with Crippen molar-refractivity contribution in [3.8, 4) is 0 Å². The molecule has 0 spiro atoms. The van der Waals surface area contributed by atoms with Crippen molar-refractivity contribution in [2.24, 2.45) is 11.8 Å². The molecule has 6 nitrogen and oxygen atoms in total. The van der Waals surface area contributed by atoms with Crippen LogP contribution in [0.4, 0.5) is 0 Å². The first kappa shape index (κ1) is 19.7. The molecule has 0 aliphatic rings. The van der Waals surface area contributed by atoms with Gasteiger partial charge < -0.3 is 14.9 Å². The summed E-state index contributed by atoms with van der Waals surface area (Å²) < 4.78 is 0. The second-order valence-corrected chi connectivity index (χ2v) is 6.47. The molecule has 2 amide bonds. The molecule has 0 saturated carbocycles. The fourth-order valence-corrected chi connectivity index (χ4v) is 2.34. The van der Waals surface area contributed by atoms with Gasteiger partial charge in [0, 0.05) is 38.7 Å². The van der Waals surface area contributed by atoms with Gasteiger partial charge in [-0.2, -0.15) is 0 Å². The number of carbonyl (C=O) groups excluding carboxylic acids is 2. The van der Waals surface area contributed by atoms with Crippen molar-refractivity contribution in [1.82, 2.24) is 9.80 Å². The Hall–Kier alpha value is -2.37. The Morgan fingerprint density at radius 1 is 1.00 bits per heavy atom. The average Bonchev–Trinajstić information content (AvgIpc) is 2.53. The van der Waals surface area contributed by atoms with Crippen molar-refractivity contribution in [3.63, 3.8) is 0 Å². The van der Waals surface area contributed by atoms with Gasteiger partial charge in [-0.25, -0.2) is 0 Å². The quantitative estimate of drug-likeness (QED) is 0.828. The molecule has 1 rings (SSSR count). The standard InChI is InChI=1S/C18H26N2O4/c1-12(2)16(21)20(5)11-14-6-8-15(9-7-14)17(22)19(4)10-13(3)18(23)24/h6-9,12-13H,10-11H2,1-5H3,(H,23,24). The predicted molar refractivity (Wildman–Crippen MR) is 91.5 cm³/mol. The lowest BCUT2D eigenvalue weighted by Gasteiger charge is -2.21. The first-order chi connectivity index (χ1) is 11.1. The Kier molecular flexibility index (Phi) is 6.95. The second kappa shape index (κ2) is 8.47. The van der Waals surface area contributed by atoms with Crippen LogP contribution in [-0.2, 0) is 16.1 Å². The van der Waals surface area contributed by atoms with Crippen LogP contribution in [0, 0.1) is 11.8 Å². The maximum Gasteiger partial charge on any atom is 0.308 e. The minimum absolute atomic E-state index is 0.0549. The molecule has 1 atom stereocenters. The fraction of sp³-hybridized carbons (Fsp3) is 0.500. The number of carboxylic acids is 1. The third-order valence-electron chi connectivity index (χ3n) is 3.81. The molecule has 6 heteroatoms. The van der Waals surface area contributed by atoms with Gasteiger partial charge in [0.2, 0.25) is 5.91 Å². The van der Waals surface area contributed by atoms with E-state index in [0.29, 0.717) is 12.1 Å². The molecule has 0 saturated heterocycles. The summed E-state index contributed by atoms with van der Waals surface area (Å²) >= 11 is 0.